The molecule has 0 bridgehead atoms. The number of alkyl halides is 1. The van der Waals surface area contributed by atoms with Crippen LogP contribution in [0.25, 0.3) is 0 Å². The van der Waals surface area contributed by atoms with Crippen LogP contribution in [0, 0.1) is 11.3 Å². The maximum atomic E-state index is 10.8. The Morgan fingerprint density at radius 1 is 1.91 bits per heavy atom. The van der Waals surface area contributed by atoms with Crippen LogP contribution in [0.2, 0.25) is 0 Å². The van der Waals surface area contributed by atoms with Gasteiger partial charge in [-0.2, -0.15) is 5.26 Å². The zero-order valence-electron chi connectivity index (χ0n) is 5.79. The molecule has 1 aliphatic heterocycles. The van der Waals surface area contributed by atoms with Crippen molar-refractivity contribution in [2.24, 2.45) is 0 Å². The molecule has 1 fully saturated rings. The van der Waals surface area contributed by atoms with Crippen molar-refractivity contribution < 1.29 is 9.53 Å². The molecule has 0 aromatic heterocycles. The minimum atomic E-state index is -0.638. The van der Waals surface area contributed by atoms with Crippen LogP contribution in [-0.4, -0.2) is 36.1 Å². The molecule has 1 atom stereocenters. The lowest BCUT2D eigenvalue weighted by Gasteiger charge is -2.11. The summed E-state index contributed by atoms with van der Waals surface area (Å²) in [6, 6.07) is 1.83. The molecule has 1 saturated heterocycles. The van der Waals surface area contributed by atoms with Crippen molar-refractivity contribution in [2.45, 2.75) is 5.38 Å². The zero-order valence-corrected chi connectivity index (χ0v) is 6.54. The average molecular weight is 175 g/mol. The molecule has 60 valence electrons. The number of halogens is 1. The zero-order chi connectivity index (χ0) is 8.27. The summed E-state index contributed by atoms with van der Waals surface area (Å²) >= 11 is 5.50. The van der Waals surface area contributed by atoms with Gasteiger partial charge < -0.3 is 9.64 Å². The number of hydrogen-bond donors (Lipinski definition) is 0. The molecule has 0 aliphatic carbocycles. The summed E-state index contributed by atoms with van der Waals surface area (Å²) in [6.45, 7) is 1.18. The first kappa shape index (κ1) is 8.15. The first-order valence-corrected chi connectivity index (χ1v) is 3.63. The number of hydrogen-bond acceptors (Lipinski definition) is 3. The Kier molecular flexibility index (Phi) is 2.55. The molecule has 4 nitrogen and oxygen atoms in total. The molecule has 1 heterocycles. The number of ether oxygens (including phenoxy) is 1. The van der Waals surface area contributed by atoms with Gasteiger partial charge >= 0.3 is 6.09 Å². The molecule has 11 heavy (non-hydrogen) atoms. The van der Waals surface area contributed by atoms with Gasteiger partial charge in [0.2, 0.25) is 0 Å². The van der Waals surface area contributed by atoms with Crippen LogP contribution in [0.15, 0.2) is 0 Å². The van der Waals surface area contributed by atoms with Gasteiger partial charge in [-0.3, -0.25) is 0 Å². The average Bonchev–Trinajstić information content (AvgIpc) is 2.37. The molecule has 0 spiro atoms. The summed E-state index contributed by atoms with van der Waals surface area (Å²) in [4.78, 5) is 12.2. The van der Waals surface area contributed by atoms with E-state index >= 15 is 0 Å². The lowest BCUT2D eigenvalue weighted by Crippen LogP contribution is -2.30. The van der Waals surface area contributed by atoms with E-state index in [4.69, 9.17) is 16.9 Å². The van der Waals surface area contributed by atoms with Gasteiger partial charge in [-0.1, -0.05) is 0 Å². The molecular weight excluding hydrogens is 168 g/mol. The van der Waals surface area contributed by atoms with Crippen LogP contribution in [-0.2, 0) is 4.74 Å². The Bertz CT molecular complexity index is 201. The van der Waals surface area contributed by atoms with Gasteiger partial charge in [-0.05, 0) is 0 Å². The first-order chi connectivity index (χ1) is 5.24. The van der Waals surface area contributed by atoms with Crippen molar-refractivity contribution in [3.05, 3.63) is 0 Å². The van der Waals surface area contributed by atoms with Crippen LogP contribution in [0.5, 0.6) is 0 Å². The van der Waals surface area contributed by atoms with Gasteiger partial charge in [0.25, 0.3) is 0 Å². The summed E-state index contributed by atoms with van der Waals surface area (Å²) in [5, 5.41) is 7.68. The lowest BCUT2D eigenvalue weighted by molar-refractivity contribution is 0.159. The highest BCUT2D eigenvalue weighted by molar-refractivity contribution is 6.22. The molecule has 1 aliphatic rings. The van der Waals surface area contributed by atoms with E-state index in [-0.39, 0.29) is 12.6 Å². The van der Waals surface area contributed by atoms with Crippen molar-refractivity contribution in [1.82, 2.24) is 4.90 Å². The van der Waals surface area contributed by atoms with Gasteiger partial charge in [0.05, 0.1) is 19.2 Å². The highest BCUT2D eigenvalue weighted by Crippen LogP contribution is 2.06. The number of amides is 1. The van der Waals surface area contributed by atoms with Crippen molar-refractivity contribution in [3.63, 3.8) is 0 Å². The Labute approximate surface area is 69.3 Å². The third-order valence-corrected chi connectivity index (χ3v) is 1.60. The Balaban J connectivity index is 2.38. The maximum Gasteiger partial charge on any atom is 0.410 e. The van der Waals surface area contributed by atoms with Crippen LogP contribution in [0.1, 0.15) is 0 Å². The standard InChI is InChI=1S/C6H7ClN2O2/c7-5(3-8)4-9-1-2-11-6(9)10/h5H,1-2,4H2. The number of rotatable bonds is 2. The van der Waals surface area contributed by atoms with E-state index in [9.17, 15) is 4.79 Å². The Morgan fingerprint density at radius 2 is 2.64 bits per heavy atom. The van der Waals surface area contributed by atoms with E-state index in [1.54, 1.807) is 0 Å². The molecule has 0 saturated carbocycles. The summed E-state index contributed by atoms with van der Waals surface area (Å²) in [5.74, 6) is 0. The van der Waals surface area contributed by atoms with Gasteiger partial charge in [-0.25, -0.2) is 4.79 Å². The first-order valence-electron chi connectivity index (χ1n) is 3.19. The quantitative estimate of drug-likeness (QED) is 0.575. The molecule has 5 heteroatoms. The summed E-state index contributed by atoms with van der Waals surface area (Å²) in [5.41, 5.74) is 0. The third-order valence-electron chi connectivity index (χ3n) is 1.37. The second-order valence-electron chi connectivity index (χ2n) is 2.16. The molecule has 0 radical (unpaired) electrons. The van der Waals surface area contributed by atoms with Gasteiger partial charge in [0.1, 0.15) is 12.0 Å². The summed E-state index contributed by atoms with van der Waals surface area (Å²) in [7, 11) is 0. The van der Waals surface area contributed by atoms with E-state index < -0.39 is 5.38 Å². The second-order valence-corrected chi connectivity index (χ2v) is 2.68. The van der Waals surface area contributed by atoms with E-state index in [0.29, 0.717) is 13.2 Å². The van der Waals surface area contributed by atoms with Crippen LogP contribution >= 0.6 is 11.6 Å². The fraction of sp³-hybridized carbons (Fsp3) is 0.667. The SMILES string of the molecule is N#CC(Cl)CN1CCOC1=O. The van der Waals surface area contributed by atoms with E-state index in [1.165, 1.54) is 4.90 Å². The normalized spacial score (nSPS) is 19.3. The van der Waals surface area contributed by atoms with Crippen molar-refractivity contribution in [2.75, 3.05) is 19.7 Å². The molecule has 1 unspecified atom stereocenters. The van der Waals surface area contributed by atoms with Crippen LogP contribution in [0.3, 0.4) is 0 Å². The van der Waals surface area contributed by atoms with Crippen LogP contribution < -0.4 is 0 Å². The van der Waals surface area contributed by atoms with Crippen LogP contribution in [0.4, 0.5) is 4.79 Å². The highest BCUT2D eigenvalue weighted by Gasteiger charge is 2.23. The monoisotopic (exact) mass is 174 g/mol. The smallest absolute Gasteiger partial charge is 0.410 e. The predicted molar refractivity (Wildman–Crippen MR) is 38.2 cm³/mol. The number of carbonyl (C=O) groups excluding carboxylic acids is 1. The summed E-state index contributed by atoms with van der Waals surface area (Å²) in [6.07, 6.45) is -0.383. The molecule has 0 aromatic carbocycles. The number of cyclic esters (lactones) is 1. The number of nitrogens with zero attached hydrogens (tertiary/aromatic N) is 2. The number of carbonyl (C=O) groups is 1. The minimum absolute atomic E-state index is 0.247. The largest absolute Gasteiger partial charge is 0.448 e. The topological polar surface area (TPSA) is 53.3 Å². The third kappa shape index (κ3) is 1.99. The van der Waals surface area contributed by atoms with E-state index in [0.717, 1.165) is 0 Å². The van der Waals surface area contributed by atoms with E-state index in [2.05, 4.69) is 4.74 Å². The Hall–Kier alpha value is -0.950. The van der Waals surface area contributed by atoms with Crippen molar-refractivity contribution >= 4 is 17.7 Å². The van der Waals surface area contributed by atoms with Crippen molar-refractivity contribution in [1.29, 1.82) is 5.26 Å². The van der Waals surface area contributed by atoms with Crippen molar-refractivity contribution in [3.8, 4) is 6.07 Å². The molecule has 0 N–H and O–H groups in total. The fourth-order valence-electron chi connectivity index (χ4n) is 0.826. The second kappa shape index (κ2) is 3.44. The predicted octanol–water partition coefficient (Wildman–Crippen LogP) is 0.570. The molecule has 0 aromatic rings. The van der Waals surface area contributed by atoms with Gasteiger partial charge in [0.15, 0.2) is 0 Å². The summed E-state index contributed by atoms with van der Waals surface area (Å²) < 4.78 is 4.63. The number of nitriles is 1. The molecule has 1 amide bonds. The van der Waals surface area contributed by atoms with E-state index in [1.807, 2.05) is 6.07 Å². The highest BCUT2D eigenvalue weighted by atomic mass is 35.5. The molecular formula is C6H7ClN2O2. The fourth-order valence-corrected chi connectivity index (χ4v) is 0.992. The van der Waals surface area contributed by atoms with Gasteiger partial charge in [0, 0.05) is 0 Å². The van der Waals surface area contributed by atoms with Gasteiger partial charge in [-0.15, -0.1) is 11.6 Å². The molecule has 1 rings (SSSR count). The minimum Gasteiger partial charge on any atom is -0.448 e. The maximum absolute atomic E-state index is 10.8. The Morgan fingerprint density at radius 3 is 3.09 bits per heavy atom. The lowest BCUT2D eigenvalue weighted by atomic mass is 10.4.